The van der Waals surface area contributed by atoms with Gasteiger partial charge < -0.3 is 49.8 Å². The molecular weight excluding hydrogens is 314 g/mol. The fourth-order valence-corrected chi connectivity index (χ4v) is 1.97. The Balaban J connectivity index is 0.000000423. The number of carbonyl (C=O) groups excluding carboxylic acids is 1. The van der Waals surface area contributed by atoms with Crippen molar-refractivity contribution in [3.8, 4) is 0 Å². The third-order valence-corrected chi connectivity index (χ3v) is 3.03. The van der Waals surface area contributed by atoms with E-state index in [0.29, 0.717) is 11.0 Å². The quantitative estimate of drug-likeness (QED) is 0.268. The van der Waals surface area contributed by atoms with Crippen LogP contribution in [0.3, 0.4) is 0 Å². The van der Waals surface area contributed by atoms with E-state index in [1.807, 2.05) is 21.1 Å². The van der Waals surface area contributed by atoms with Crippen molar-refractivity contribution in [2.24, 2.45) is 0 Å². The summed E-state index contributed by atoms with van der Waals surface area (Å²) < 4.78 is 5.13. The van der Waals surface area contributed by atoms with Crippen LogP contribution in [0, 0.1) is 0 Å². The van der Waals surface area contributed by atoms with Gasteiger partial charge in [0.15, 0.2) is 6.29 Å². The molecule has 138 valence electrons. The third kappa shape index (κ3) is 8.53. The first-order chi connectivity index (χ1) is 10.4. The third-order valence-electron chi connectivity index (χ3n) is 3.03. The number of nitrogens with zero attached hydrogens (tertiary/aromatic N) is 1. The molecule has 1 saturated heterocycles. The Hall–Kier alpha value is -0.850. The van der Waals surface area contributed by atoms with Gasteiger partial charge in [0.05, 0.1) is 27.7 Å². The van der Waals surface area contributed by atoms with Gasteiger partial charge in [0, 0.05) is 12.4 Å². The number of aliphatic hydroxyl groups excluding tert-OH is 6. The van der Waals surface area contributed by atoms with E-state index < -0.39 is 49.4 Å². The van der Waals surface area contributed by atoms with E-state index in [9.17, 15) is 9.90 Å². The van der Waals surface area contributed by atoms with E-state index in [1.54, 1.807) is 0 Å². The number of aliphatic hydroxyl groups is 6. The van der Waals surface area contributed by atoms with Gasteiger partial charge in [-0.3, -0.25) is 0 Å². The molecule has 1 unspecified atom stereocenters. The molecule has 0 aromatic rings. The second kappa shape index (κ2) is 9.45. The van der Waals surface area contributed by atoms with Crippen molar-refractivity contribution in [2.45, 2.75) is 43.2 Å². The predicted molar refractivity (Wildman–Crippen MR) is 74.5 cm³/mol. The van der Waals surface area contributed by atoms with Crippen LogP contribution in [0.1, 0.15) is 6.42 Å². The van der Waals surface area contributed by atoms with E-state index in [0.717, 1.165) is 0 Å². The number of hydrogen-bond acceptors (Lipinski definition) is 9. The van der Waals surface area contributed by atoms with Crippen LogP contribution in [0.25, 0.3) is 0 Å². The van der Waals surface area contributed by atoms with Crippen molar-refractivity contribution in [3.05, 3.63) is 0 Å². The van der Waals surface area contributed by atoms with Crippen LogP contribution in [0.4, 0.5) is 0 Å². The first-order valence-corrected chi connectivity index (χ1v) is 7.06. The summed E-state index contributed by atoms with van der Waals surface area (Å²) in [7, 11) is 5.66. The maximum absolute atomic E-state index is 10.0. The van der Waals surface area contributed by atoms with E-state index in [-0.39, 0.29) is 6.42 Å². The Morgan fingerprint density at radius 3 is 2.04 bits per heavy atom. The van der Waals surface area contributed by atoms with Crippen LogP contribution in [0.5, 0.6) is 0 Å². The molecule has 1 aliphatic rings. The zero-order chi connectivity index (χ0) is 18.4. The second-order valence-electron chi connectivity index (χ2n) is 6.42. The van der Waals surface area contributed by atoms with Crippen LogP contribution < -0.4 is 5.11 Å². The summed E-state index contributed by atoms with van der Waals surface area (Å²) in [5.41, 5.74) is 0. The fraction of sp³-hybridized carbons (Fsp3) is 0.923. The van der Waals surface area contributed by atoms with Gasteiger partial charge in [-0.1, -0.05) is 0 Å². The highest BCUT2D eigenvalue weighted by Crippen LogP contribution is 2.18. The van der Waals surface area contributed by atoms with Crippen molar-refractivity contribution < 1.29 is 49.8 Å². The van der Waals surface area contributed by atoms with Crippen LogP contribution in [-0.4, -0.2) is 112 Å². The number of hydrogen-bond donors (Lipinski definition) is 6. The molecule has 0 amide bonds. The van der Waals surface area contributed by atoms with Crippen LogP contribution in [0.15, 0.2) is 0 Å². The summed E-state index contributed by atoms with van der Waals surface area (Å²) in [5, 5.41) is 63.8. The molecule has 10 nitrogen and oxygen atoms in total. The molecule has 0 aromatic heterocycles. The van der Waals surface area contributed by atoms with Crippen molar-refractivity contribution in [2.75, 3.05) is 34.3 Å². The van der Waals surface area contributed by atoms with Gasteiger partial charge in [0.2, 0.25) is 0 Å². The fourth-order valence-electron chi connectivity index (χ4n) is 1.97. The summed E-state index contributed by atoms with van der Waals surface area (Å²) in [4.78, 5) is 10.0. The molecule has 6 N–H and O–H groups in total. The lowest BCUT2D eigenvalue weighted by Gasteiger charge is -2.37. The molecule has 23 heavy (non-hydrogen) atoms. The molecule has 0 aliphatic carbocycles. The zero-order valence-electron chi connectivity index (χ0n) is 13.4. The Kier molecular flexibility index (Phi) is 9.10. The lowest BCUT2D eigenvalue weighted by molar-refractivity contribution is -0.873. The van der Waals surface area contributed by atoms with Gasteiger partial charge in [-0.2, -0.15) is 0 Å². The Morgan fingerprint density at radius 2 is 1.65 bits per heavy atom. The maximum atomic E-state index is 10.0. The predicted octanol–water partition coefficient (Wildman–Crippen LogP) is -5.03. The highest BCUT2D eigenvalue weighted by Gasteiger charge is 2.42. The van der Waals surface area contributed by atoms with Crippen molar-refractivity contribution in [1.29, 1.82) is 0 Å². The smallest absolute Gasteiger partial charge is 0.184 e. The SMILES string of the molecule is C[N+](C)(C)C[C@H](O)CC(=O)[O-].OC[C@H]1OC(O)[C@H](O)[C@@H](O)[C@@H]1O. The highest BCUT2D eigenvalue weighted by molar-refractivity contribution is 5.64. The Morgan fingerprint density at radius 1 is 1.13 bits per heavy atom. The number of rotatable bonds is 5. The van der Waals surface area contributed by atoms with Crippen molar-refractivity contribution in [3.63, 3.8) is 0 Å². The summed E-state index contributed by atoms with van der Waals surface area (Å²) in [5.74, 6) is -1.20. The molecule has 0 radical (unpaired) electrons. The molecule has 0 saturated carbocycles. The van der Waals surface area contributed by atoms with E-state index in [2.05, 4.69) is 4.74 Å². The monoisotopic (exact) mass is 341 g/mol. The minimum absolute atomic E-state index is 0.282. The number of carboxylic acids is 1. The average molecular weight is 341 g/mol. The molecule has 1 heterocycles. The number of ether oxygens (including phenoxy) is 1. The topological polar surface area (TPSA) is 171 Å². The molecule has 1 rings (SSSR count). The summed E-state index contributed by atoms with van der Waals surface area (Å²) >= 11 is 0. The molecule has 0 bridgehead atoms. The van der Waals surface area contributed by atoms with Crippen LogP contribution >= 0.6 is 0 Å². The summed E-state index contributed by atoms with van der Waals surface area (Å²) in [6.45, 7) is -0.101. The minimum Gasteiger partial charge on any atom is -0.550 e. The van der Waals surface area contributed by atoms with E-state index in [4.69, 9.17) is 30.6 Å². The number of carboxylic acid groups (broad SMARTS) is 1. The average Bonchev–Trinajstić information content (AvgIpc) is 2.38. The number of aliphatic carboxylic acids is 1. The standard InChI is InChI=1S/C7H15NO3.C6H12O6/c1-8(2,3)5-6(9)4-7(10)11;7-1-2-3(8)4(9)5(10)6(11)12-2/h6,9H,4-5H2,1-3H3;2-11H,1H2/t6-;2-,3-,4+,5-,6?/m11/s1. The van der Waals surface area contributed by atoms with Gasteiger partial charge in [-0.15, -0.1) is 0 Å². The molecule has 6 atom stereocenters. The van der Waals surface area contributed by atoms with Crippen molar-refractivity contribution >= 4 is 5.97 Å². The number of quaternary nitrogens is 1. The summed E-state index contributed by atoms with van der Waals surface area (Å²) in [6, 6.07) is 0. The Labute approximate surface area is 134 Å². The van der Waals surface area contributed by atoms with E-state index in [1.165, 1.54) is 0 Å². The van der Waals surface area contributed by atoms with Crippen LogP contribution in [-0.2, 0) is 9.53 Å². The lowest BCUT2D eigenvalue weighted by atomic mass is 10.00. The van der Waals surface area contributed by atoms with Crippen molar-refractivity contribution in [1.82, 2.24) is 0 Å². The molecule has 0 spiro atoms. The van der Waals surface area contributed by atoms with Gasteiger partial charge in [0.25, 0.3) is 0 Å². The highest BCUT2D eigenvalue weighted by atomic mass is 16.6. The summed E-state index contributed by atoms with van der Waals surface area (Å²) in [6.07, 6.45) is -8.13. The maximum Gasteiger partial charge on any atom is 0.184 e. The van der Waals surface area contributed by atoms with Gasteiger partial charge >= 0.3 is 0 Å². The van der Waals surface area contributed by atoms with E-state index >= 15 is 0 Å². The molecule has 1 fully saturated rings. The van der Waals surface area contributed by atoms with Crippen LogP contribution in [0.2, 0.25) is 0 Å². The zero-order valence-corrected chi connectivity index (χ0v) is 13.4. The molecule has 0 aromatic carbocycles. The largest absolute Gasteiger partial charge is 0.550 e. The first-order valence-electron chi connectivity index (χ1n) is 7.06. The molecule has 10 heteroatoms. The number of carbonyl (C=O) groups is 1. The molecular formula is C13H27NO9. The lowest BCUT2D eigenvalue weighted by Crippen LogP contribution is -2.58. The van der Waals surface area contributed by atoms with Gasteiger partial charge in [-0.05, 0) is 0 Å². The minimum atomic E-state index is -1.57. The van der Waals surface area contributed by atoms with Gasteiger partial charge in [0.1, 0.15) is 37.1 Å². The Bertz CT molecular complexity index is 355. The normalized spacial score (nSPS) is 32.7. The van der Waals surface area contributed by atoms with Gasteiger partial charge in [-0.25, -0.2) is 0 Å². The second-order valence-corrected chi connectivity index (χ2v) is 6.42. The molecule has 1 aliphatic heterocycles. The first kappa shape index (κ1) is 22.1. The number of likely N-dealkylation sites (N-methyl/N-ethyl adjacent to an activating group) is 1.